The molecule has 1 aliphatic rings. The van der Waals surface area contributed by atoms with Gasteiger partial charge in [0.05, 0.1) is 0 Å². The summed E-state index contributed by atoms with van der Waals surface area (Å²) in [6.07, 6.45) is 11.9. The van der Waals surface area contributed by atoms with E-state index in [0.717, 1.165) is 44.3 Å². The van der Waals surface area contributed by atoms with E-state index < -0.39 is 17.4 Å². The van der Waals surface area contributed by atoms with E-state index in [1.54, 1.807) is 0 Å². The molecule has 1 fully saturated rings. The lowest BCUT2D eigenvalue weighted by Crippen LogP contribution is -2.48. The van der Waals surface area contributed by atoms with Gasteiger partial charge in [-0.2, -0.15) is 0 Å². The van der Waals surface area contributed by atoms with Crippen LogP contribution in [0.1, 0.15) is 32.1 Å². The average Bonchev–Trinajstić information content (AvgIpc) is 2.28. The summed E-state index contributed by atoms with van der Waals surface area (Å²) in [5, 5.41) is 11.1. The molecule has 0 atom stereocenters. The van der Waals surface area contributed by atoms with Crippen LogP contribution in [0.4, 0.5) is 0 Å². The summed E-state index contributed by atoms with van der Waals surface area (Å²) in [6, 6.07) is 0. The Balaban J connectivity index is 2.60. The standard InChI is InChI=1S/C12H15NO3/c1-2-12(8-4-3-5-9-12)13-10(14)6-7-11(15)16/h1,6-7H,3-5,8-9H2,(H,13,14)(H,15,16)/b7-6+. The highest BCUT2D eigenvalue weighted by Gasteiger charge is 2.30. The minimum Gasteiger partial charge on any atom is -0.478 e. The number of hydrogen-bond acceptors (Lipinski definition) is 2. The van der Waals surface area contributed by atoms with E-state index in [9.17, 15) is 9.59 Å². The summed E-state index contributed by atoms with van der Waals surface area (Å²) in [4.78, 5) is 21.7. The van der Waals surface area contributed by atoms with Gasteiger partial charge in [-0.15, -0.1) is 6.42 Å². The molecular formula is C12H15NO3. The number of amides is 1. The van der Waals surface area contributed by atoms with Gasteiger partial charge in [-0.3, -0.25) is 4.79 Å². The van der Waals surface area contributed by atoms with E-state index in [1.807, 2.05) is 0 Å². The molecule has 0 aliphatic heterocycles. The van der Waals surface area contributed by atoms with Gasteiger partial charge in [-0.05, 0) is 12.8 Å². The van der Waals surface area contributed by atoms with Gasteiger partial charge in [-0.1, -0.05) is 25.2 Å². The number of terminal acetylenes is 1. The van der Waals surface area contributed by atoms with Gasteiger partial charge in [-0.25, -0.2) is 4.79 Å². The summed E-state index contributed by atoms with van der Waals surface area (Å²) in [7, 11) is 0. The monoisotopic (exact) mass is 221 g/mol. The maximum Gasteiger partial charge on any atom is 0.328 e. The molecule has 2 N–H and O–H groups in total. The predicted molar refractivity (Wildman–Crippen MR) is 59.6 cm³/mol. The van der Waals surface area contributed by atoms with Gasteiger partial charge in [0.25, 0.3) is 0 Å². The second kappa shape index (κ2) is 5.36. The third-order valence-electron chi connectivity index (χ3n) is 2.72. The zero-order valence-corrected chi connectivity index (χ0v) is 9.03. The van der Waals surface area contributed by atoms with Crippen molar-refractivity contribution in [1.29, 1.82) is 0 Å². The van der Waals surface area contributed by atoms with Crippen LogP contribution in [0.5, 0.6) is 0 Å². The molecule has 0 unspecified atom stereocenters. The fourth-order valence-corrected chi connectivity index (χ4v) is 1.89. The van der Waals surface area contributed by atoms with E-state index in [4.69, 9.17) is 11.5 Å². The molecule has 1 amide bonds. The van der Waals surface area contributed by atoms with Gasteiger partial charge in [0.1, 0.15) is 5.54 Å². The normalized spacial score (nSPS) is 18.9. The van der Waals surface area contributed by atoms with Crippen LogP contribution in [-0.4, -0.2) is 22.5 Å². The number of nitrogens with one attached hydrogen (secondary N) is 1. The van der Waals surface area contributed by atoms with Crippen LogP contribution in [0, 0.1) is 12.3 Å². The molecule has 4 nitrogen and oxygen atoms in total. The van der Waals surface area contributed by atoms with Crippen molar-refractivity contribution in [2.75, 3.05) is 0 Å². The Hall–Kier alpha value is -1.76. The molecule has 1 rings (SSSR count). The lowest BCUT2D eigenvalue weighted by Gasteiger charge is -2.32. The molecule has 0 saturated heterocycles. The molecule has 0 spiro atoms. The number of carboxylic acids is 1. The number of aliphatic carboxylic acids is 1. The molecule has 1 saturated carbocycles. The summed E-state index contributed by atoms with van der Waals surface area (Å²) in [5.74, 6) is 1.04. The molecule has 0 radical (unpaired) electrons. The van der Waals surface area contributed by atoms with Crippen LogP contribution >= 0.6 is 0 Å². The smallest absolute Gasteiger partial charge is 0.328 e. The minimum absolute atomic E-state index is 0.442. The number of rotatable bonds is 3. The second-order valence-electron chi connectivity index (χ2n) is 3.95. The molecule has 16 heavy (non-hydrogen) atoms. The Kier molecular flexibility index (Phi) is 4.12. The van der Waals surface area contributed by atoms with E-state index in [1.165, 1.54) is 0 Å². The SMILES string of the molecule is C#CC1(NC(=O)/C=C/C(=O)O)CCCCC1. The van der Waals surface area contributed by atoms with E-state index in [-0.39, 0.29) is 0 Å². The molecule has 0 heterocycles. The number of hydrogen-bond donors (Lipinski definition) is 2. The summed E-state index contributed by atoms with van der Waals surface area (Å²) in [5.41, 5.74) is -0.585. The Bertz CT molecular complexity index is 346. The number of carboxylic acid groups (broad SMARTS) is 1. The van der Waals surface area contributed by atoms with Crippen molar-refractivity contribution in [3.63, 3.8) is 0 Å². The topological polar surface area (TPSA) is 66.4 Å². The molecular weight excluding hydrogens is 206 g/mol. The van der Waals surface area contributed by atoms with Crippen molar-refractivity contribution < 1.29 is 14.7 Å². The van der Waals surface area contributed by atoms with Crippen LogP contribution in [0.3, 0.4) is 0 Å². The Morgan fingerprint density at radius 1 is 1.25 bits per heavy atom. The van der Waals surface area contributed by atoms with Crippen molar-refractivity contribution in [1.82, 2.24) is 5.32 Å². The molecule has 86 valence electrons. The van der Waals surface area contributed by atoms with Crippen molar-refractivity contribution >= 4 is 11.9 Å². The van der Waals surface area contributed by atoms with Crippen molar-refractivity contribution in [2.24, 2.45) is 0 Å². The zero-order valence-electron chi connectivity index (χ0n) is 9.03. The van der Waals surface area contributed by atoms with Crippen LogP contribution < -0.4 is 5.32 Å². The molecule has 0 aromatic heterocycles. The van der Waals surface area contributed by atoms with Crippen LogP contribution in [0.2, 0.25) is 0 Å². The fraction of sp³-hybridized carbons (Fsp3) is 0.500. The van der Waals surface area contributed by atoms with Gasteiger partial charge < -0.3 is 10.4 Å². The van der Waals surface area contributed by atoms with E-state index in [0.29, 0.717) is 0 Å². The summed E-state index contributed by atoms with van der Waals surface area (Å²) < 4.78 is 0. The highest BCUT2D eigenvalue weighted by molar-refractivity contribution is 5.94. The van der Waals surface area contributed by atoms with Crippen molar-refractivity contribution in [2.45, 2.75) is 37.6 Å². The Morgan fingerprint density at radius 2 is 1.88 bits per heavy atom. The van der Waals surface area contributed by atoms with E-state index >= 15 is 0 Å². The molecule has 0 bridgehead atoms. The van der Waals surface area contributed by atoms with Crippen LogP contribution in [0.15, 0.2) is 12.2 Å². The van der Waals surface area contributed by atoms with Gasteiger partial charge >= 0.3 is 5.97 Å². The maximum absolute atomic E-state index is 11.4. The maximum atomic E-state index is 11.4. The third-order valence-corrected chi connectivity index (χ3v) is 2.72. The average molecular weight is 221 g/mol. The number of carbonyl (C=O) groups is 2. The molecule has 0 aromatic rings. The number of carbonyl (C=O) groups excluding carboxylic acids is 1. The molecule has 1 aliphatic carbocycles. The van der Waals surface area contributed by atoms with E-state index in [2.05, 4.69) is 11.2 Å². The van der Waals surface area contributed by atoms with Crippen LogP contribution in [0.25, 0.3) is 0 Å². The summed E-state index contributed by atoms with van der Waals surface area (Å²) >= 11 is 0. The van der Waals surface area contributed by atoms with Crippen LogP contribution in [-0.2, 0) is 9.59 Å². The largest absolute Gasteiger partial charge is 0.478 e. The Morgan fingerprint density at radius 3 is 2.38 bits per heavy atom. The highest BCUT2D eigenvalue weighted by Crippen LogP contribution is 2.27. The highest BCUT2D eigenvalue weighted by atomic mass is 16.4. The first-order chi connectivity index (χ1) is 7.58. The first kappa shape index (κ1) is 12.3. The minimum atomic E-state index is -1.14. The quantitative estimate of drug-likeness (QED) is 0.553. The first-order valence-corrected chi connectivity index (χ1v) is 5.29. The van der Waals surface area contributed by atoms with Gasteiger partial charge in [0.15, 0.2) is 0 Å². The molecule has 4 heteroatoms. The predicted octanol–water partition coefficient (Wildman–Crippen LogP) is 1.08. The van der Waals surface area contributed by atoms with Crippen molar-refractivity contribution in [3.05, 3.63) is 12.2 Å². The van der Waals surface area contributed by atoms with Crippen molar-refractivity contribution in [3.8, 4) is 12.3 Å². The Labute approximate surface area is 94.7 Å². The summed E-state index contributed by atoms with van der Waals surface area (Å²) in [6.45, 7) is 0. The third kappa shape index (κ3) is 3.43. The lowest BCUT2D eigenvalue weighted by molar-refractivity contribution is -0.131. The zero-order chi connectivity index (χ0) is 12.0. The fourth-order valence-electron chi connectivity index (χ4n) is 1.89. The van der Waals surface area contributed by atoms with Gasteiger partial charge in [0.2, 0.25) is 5.91 Å². The molecule has 0 aromatic carbocycles. The second-order valence-corrected chi connectivity index (χ2v) is 3.95. The lowest BCUT2D eigenvalue weighted by atomic mass is 9.82. The van der Waals surface area contributed by atoms with Gasteiger partial charge in [0, 0.05) is 12.2 Å². The first-order valence-electron chi connectivity index (χ1n) is 5.29.